The Kier molecular flexibility index (Phi) is 7.93. The van der Waals surface area contributed by atoms with Gasteiger partial charge in [0.25, 0.3) is 6.43 Å². The molecule has 0 unspecified atom stereocenters. The molecule has 1 aromatic heterocycles. The van der Waals surface area contributed by atoms with Crippen LogP contribution in [-0.2, 0) is 19.0 Å². The second-order valence-corrected chi connectivity index (χ2v) is 8.44. The molecule has 9 nitrogen and oxygen atoms in total. The molecule has 0 bridgehead atoms. The molecule has 0 aliphatic rings. The average Bonchev–Trinajstić information content (AvgIpc) is 2.68. The summed E-state index contributed by atoms with van der Waals surface area (Å²) >= 11 is 0. The van der Waals surface area contributed by atoms with Crippen molar-refractivity contribution in [1.82, 2.24) is 9.97 Å². The summed E-state index contributed by atoms with van der Waals surface area (Å²) in [5, 5.41) is 2.78. The molecular formula is C21H26F3N3O6. The minimum atomic E-state index is -3.08. The van der Waals surface area contributed by atoms with E-state index in [0.29, 0.717) is 0 Å². The summed E-state index contributed by atoms with van der Waals surface area (Å²) in [5.74, 6) is -2.82. The Morgan fingerprint density at radius 2 is 1.76 bits per heavy atom. The molecule has 2 aromatic rings. The number of nitrogens with zero attached hydrogens (tertiary/aromatic N) is 2. The van der Waals surface area contributed by atoms with Crippen LogP contribution in [0.15, 0.2) is 12.1 Å². The summed E-state index contributed by atoms with van der Waals surface area (Å²) in [4.78, 5) is 30.8. The Balaban J connectivity index is 2.31. The van der Waals surface area contributed by atoms with Gasteiger partial charge in [0.1, 0.15) is 29.9 Å². The van der Waals surface area contributed by atoms with Crippen LogP contribution in [0.2, 0.25) is 0 Å². The SMILES string of the molecule is COC(=O)C(C)(C)Nc1cc(F)c2nc(C(F)F)nc(OCCOC(=O)OC(C)(C)C)c2c1. The van der Waals surface area contributed by atoms with Crippen LogP contribution in [0.5, 0.6) is 5.88 Å². The number of nitrogens with one attached hydrogen (secondary N) is 1. The Hall–Kier alpha value is -3.31. The molecule has 182 valence electrons. The first kappa shape index (κ1) is 25.9. The van der Waals surface area contributed by atoms with Gasteiger partial charge in [-0.25, -0.2) is 27.7 Å². The van der Waals surface area contributed by atoms with Crippen molar-refractivity contribution in [3.8, 4) is 5.88 Å². The van der Waals surface area contributed by atoms with Crippen molar-refractivity contribution in [1.29, 1.82) is 0 Å². The summed E-state index contributed by atoms with van der Waals surface area (Å²) in [5.41, 5.74) is -2.24. The number of hydrogen-bond donors (Lipinski definition) is 1. The number of ether oxygens (including phenoxy) is 4. The van der Waals surface area contributed by atoms with Crippen molar-refractivity contribution >= 4 is 28.7 Å². The molecule has 0 saturated heterocycles. The molecule has 0 radical (unpaired) electrons. The Morgan fingerprint density at radius 3 is 2.33 bits per heavy atom. The molecule has 1 N–H and O–H groups in total. The Labute approximate surface area is 188 Å². The second-order valence-electron chi connectivity index (χ2n) is 8.44. The summed E-state index contributed by atoms with van der Waals surface area (Å²) in [6.07, 6.45) is -4.01. The molecule has 0 fully saturated rings. The van der Waals surface area contributed by atoms with Gasteiger partial charge in [0.15, 0.2) is 11.6 Å². The van der Waals surface area contributed by atoms with Crippen LogP contribution in [0.25, 0.3) is 10.9 Å². The molecule has 0 spiro atoms. The number of halogens is 3. The van der Waals surface area contributed by atoms with E-state index in [9.17, 15) is 22.8 Å². The summed E-state index contributed by atoms with van der Waals surface area (Å²) in [6.45, 7) is 7.45. The Bertz CT molecular complexity index is 1020. The number of aromatic nitrogens is 2. The monoisotopic (exact) mass is 473 g/mol. The first-order valence-corrected chi connectivity index (χ1v) is 9.88. The van der Waals surface area contributed by atoms with Gasteiger partial charge in [0, 0.05) is 5.69 Å². The number of rotatable bonds is 8. The third kappa shape index (κ3) is 7.09. The lowest BCUT2D eigenvalue weighted by Crippen LogP contribution is -2.41. The smallest absolute Gasteiger partial charge is 0.474 e. The van der Waals surface area contributed by atoms with Gasteiger partial charge in [-0.3, -0.25) is 0 Å². The van der Waals surface area contributed by atoms with E-state index in [4.69, 9.17) is 18.9 Å². The van der Waals surface area contributed by atoms with E-state index in [1.54, 1.807) is 20.8 Å². The highest BCUT2D eigenvalue weighted by Crippen LogP contribution is 2.31. The number of alkyl halides is 2. The number of carbonyl (C=O) groups excluding carboxylic acids is 2. The fourth-order valence-corrected chi connectivity index (χ4v) is 2.67. The summed E-state index contributed by atoms with van der Waals surface area (Å²) < 4.78 is 61.2. The van der Waals surface area contributed by atoms with Crippen LogP contribution in [-0.4, -0.2) is 53.6 Å². The number of esters is 1. The lowest BCUT2D eigenvalue weighted by Gasteiger charge is -2.24. The third-order valence-electron chi connectivity index (χ3n) is 4.02. The molecular weight excluding hydrogens is 447 g/mol. The number of methoxy groups -OCH3 is 1. The lowest BCUT2D eigenvalue weighted by atomic mass is 10.0. The highest BCUT2D eigenvalue weighted by Gasteiger charge is 2.29. The number of anilines is 1. The van der Waals surface area contributed by atoms with Gasteiger partial charge in [0.2, 0.25) is 5.88 Å². The van der Waals surface area contributed by atoms with Crippen molar-refractivity contribution in [2.45, 2.75) is 52.2 Å². The maximum absolute atomic E-state index is 14.7. The summed E-state index contributed by atoms with van der Waals surface area (Å²) in [6, 6.07) is 2.35. The van der Waals surface area contributed by atoms with E-state index in [1.807, 2.05) is 0 Å². The summed E-state index contributed by atoms with van der Waals surface area (Å²) in [7, 11) is 1.21. The molecule has 2 rings (SSSR count). The standard InChI is InChI=1S/C21H26F3N3O6/c1-20(2,3)33-19(29)32-8-7-31-17-12-9-11(27-21(4,5)18(28)30-6)10-13(22)14(12)25-16(26-17)15(23)24/h9-10,15,27H,7-8H2,1-6H3. The van der Waals surface area contributed by atoms with Crippen molar-refractivity contribution in [2.24, 2.45) is 0 Å². The molecule has 0 amide bonds. The van der Waals surface area contributed by atoms with Gasteiger partial charge in [-0.1, -0.05) is 0 Å². The van der Waals surface area contributed by atoms with E-state index in [0.717, 1.165) is 6.07 Å². The van der Waals surface area contributed by atoms with Gasteiger partial charge < -0.3 is 24.3 Å². The largest absolute Gasteiger partial charge is 0.508 e. The zero-order valence-electron chi connectivity index (χ0n) is 19.1. The van der Waals surface area contributed by atoms with Crippen LogP contribution in [0.4, 0.5) is 23.7 Å². The third-order valence-corrected chi connectivity index (χ3v) is 4.02. The van der Waals surface area contributed by atoms with Gasteiger partial charge in [0.05, 0.1) is 12.5 Å². The average molecular weight is 473 g/mol. The quantitative estimate of drug-likeness (QED) is 0.441. The molecule has 33 heavy (non-hydrogen) atoms. The molecule has 0 saturated carbocycles. The predicted molar refractivity (Wildman–Crippen MR) is 112 cm³/mol. The highest BCUT2D eigenvalue weighted by molar-refractivity contribution is 5.89. The minimum absolute atomic E-state index is 0.0279. The van der Waals surface area contributed by atoms with E-state index in [-0.39, 0.29) is 30.2 Å². The molecule has 1 aromatic carbocycles. The van der Waals surface area contributed by atoms with Crippen molar-refractivity contribution in [2.75, 3.05) is 25.6 Å². The maximum Gasteiger partial charge on any atom is 0.508 e. The van der Waals surface area contributed by atoms with E-state index >= 15 is 0 Å². The predicted octanol–water partition coefficient (Wildman–Crippen LogP) is 4.40. The van der Waals surface area contributed by atoms with E-state index < -0.39 is 46.8 Å². The van der Waals surface area contributed by atoms with Crippen molar-refractivity contribution < 1.29 is 41.7 Å². The Morgan fingerprint density at radius 1 is 1.09 bits per heavy atom. The van der Waals surface area contributed by atoms with Crippen LogP contribution < -0.4 is 10.1 Å². The van der Waals surface area contributed by atoms with Crippen LogP contribution in [0, 0.1) is 5.82 Å². The first-order chi connectivity index (χ1) is 15.2. The van der Waals surface area contributed by atoms with Crippen molar-refractivity contribution in [3.63, 3.8) is 0 Å². The molecule has 0 aliphatic heterocycles. The maximum atomic E-state index is 14.7. The lowest BCUT2D eigenvalue weighted by molar-refractivity contribution is -0.144. The van der Waals surface area contributed by atoms with Crippen LogP contribution in [0.1, 0.15) is 46.9 Å². The second kappa shape index (κ2) is 10.1. The minimum Gasteiger partial charge on any atom is -0.474 e. The number of fused-ring (bicyclic) bond motifs is 1. The number of hydrogen-bond acceptors (Lipinski definition) is 9. The molecule has 0 atom stereocenters. The van der Waals surface area contributed by atoms with Gasteiger partial charge in [-0.05, 0) is 46.8 Å². The van der Waals surface area contributed by atoms with Gasteiger partial charge >= 0.3 is 12.1 Å². The fourth-order valence-electron chi connectivity index (χ4n) is 2.67. The highest BCUT2D eigenvalue weighted by atomic mass is 19.3. The molecule has 12 heteroatoms. The van der Waals surface area contributed by atoms with E-state index in [2.05, 4.69) is 15.3 Å². The molecule has 0 aliphatic carbocycles. The number of carbonyl (C=O) groups is 2. The first-order valence-electron chi connectivity index (χ1n) is 9.88. The van der Waals surface area contributed by atoms with Gasteiger partial charge in [-0.15, -0.1) is 0 Å². The molecule has 1 heterocycles. The topological polar surface area (TPSA) is 109 Å². The number of benzene rings is 1. The van der Waals surface area contributed by atoms with Crippen LogP contribution in [0.3, 0.4) is 0 Å². The fraction of sp³-hybridized carbons (Fsp3) is 0.524. The van der Waals surface area contributed by atoms with Crippen molar-refractivity contribution in [3.05, 3.63) is 23.8 Å². The van der Waals surface area contributed by atoms with Gasteiger partial charge in [-0.2, -0.15) is 4.98 Å². The van der Waals surface area contributed by atoms with E-state index in [1.165, 1.54) is 27.0 Å². The normalized spacial score (nSPS) is 11.9. The zero-order chi connectivity index (χ0) is 25.0. The van der Waals surface area contributed by atoms with Crippen LogP contribution >= 0.6 is 0 Å². The zero-order valence-corrected chi connectivity index (χ0v) is 19.1.